The lowest BCUT2D eigenvalue weighted by molar-refractivity contribution is -0.137. The lowest BCUT2D eigenvalue weighted by atomic mass is 10.2. The first-order chi connectivity index (χ1) is 17.2. The molecule has 0 saturated carbocycles. The standard InChI is InChI=1S/C26H32FN5O4/c1-16(2)32(17(3)4)24(34)14-23(33)30-18-6-8-19(9-7-18)31-26-25-21(27)12-20(36-11-10-35-5)13-22(25)28-15-29-26/h6-9,12-13,15-17H,10-11,14H2,1-5H3,(H,30,33)(H,28,29,31). The van der Waals surface area contributed by atoms with E-state index in [1.54, 1.807) is 42.3 Å². The number of rotatable bonds is 11. The molecule has 1 aromatic heterocycles. The zero-order valence-electron chi connectivity index (χ0n) is 21.2. The molecule has 2 amide bonds. The Morgan fingerprint density at radius 1 is 1.00 bits per heavy atom. The third-order valence-corrected chi connectivity index (χ3v) is 5.36. The van der Waals surface area contributed by atoms with Crippen molar-refractivity contribution in [3.05, 3.63) is 48.5 Å². The summed E-state index contributed by atoms with van der Waals surface area (Å²) < 4.78 is 25.3. The Kier molecular flexibility index (Phi) is 9.13. The number of nitrogens with one attached hydrogen (secondary N) is 2. The van der Waals surface area contributed by atoms with Crippen LogP contribution in [0.5, 0.6) is 5.75 Å². The molecule has 3 aromatic rings. The molecule has 36 heavy (non-hydrogen) atoms. The van der Waals surface area contributed by atoms with E-state index in [9.17, 15) is 14.0 Å². The van der Waals surface area contributed by atoms with Crippen molar-refractivity contribution in [2.75, 3.05) is 31.0 Å². The van der Waals surface area contributed by atoms with E-state index in [0.717, 1.165) is 0 Å². The average molecular weight is 498 g/mol. The van der Waals surface area contributed by atoms with Crippen LogP contribution in [0.1, 0.15) is 34.1 Å². The minimum absolute atomic E-state index is 0.00754. The Hall–Kier alpha value is -3.79. The Labute approximate surface area is 210 Å². The smallest absolute Gasteiger partial charge is 0.233 e. The largest absolute Gasteiger partial charge is 0.491 e. The number of nitrogens with zero attached hydrogens (tertiary/aromatic N) is 3. The number of carbonyl (C=O) groups is 2. The molecule has 0 saturated heterocycles. The van der Waals surface area contributed by atoms with Crippen molar-refractivity contribution >= 4 is 39.9 Å². The first-order valence-electron chi connectivity index (χ1n) is 11.7. The molecule has 0 aliphatic carbocycles. The number of halogens is 1. The zero-order chi connectivity index (χ0) is 26.2. The first kappa shape index (κ1) is 26.8. The Morgan fingerprint density at radius 3 is 2.31 bits per heavy atom. The van der Waals surface area contributed by atoms with Crippen LogP contribution in [0.3, 0.4) is 0 Å². The number of methoxy groups -OCH3 is 1. The van der Waals surface area contributed by atoms with Crippen LogP contribution >= 0.6 is 0 Å². The summed E-state index contributed by atoms with van der Waals surface area (Å²) >= 11 is 0. The highest BCUT2D eigenvalue weighted by Crippen LogP contribution is 2.29. The Morgan fingerprint density at radius 2 is 1.67 bits per heavy atom. The summed E-state index contributed by atoms with van der Waals surface area (Å²) in [4.78, 5) is 34.9. The van der Waals surface area contributed by atoms with E-state index >= 15 is 0 Å². The van der Waals surface area contributed by atoms with Gasteiger partial charge in [-0.15, -0.1) is 0 Å². The molecule has 10 heteroatoms. The van der Waals surface area contributed by atoms with Crippen LogP contribution in [-0.4, -0.2) is 59.1 Å². The molecule has 192 valence electrons. The minimum Gasteiger partial charge on any atom is -0.491 e. The lowest BCUT2D eigenvalue weighted by Crippen LogP contribution is -2.43. The van der Waals surface area contributed by atoms with Gasteiger partial charge in [0.1, 0.15) is 36.7 Å². The van der Waals surface area contributed by atoms with Crippen LogP contribution in [0, 0.1) is 5.82 Å². The summed E-state index contributed by atoms with van der Waals surface area (Å²) in [7, 11) is 1.56. The van der Waals surface area contributed by atoms with Gasteiger partial charge >= 0.3 is 0 Å². The quantitative estimate of drug-likeness (QED) is 0.297. The van der Waals surface area contributed by atoms with Crippen LogP contribution in [0.2, 0.25) is 0 Å². The number of ether oxygens (including phenoxy) is 2. The number of amides is 2. The molecule has 9 nitrogen and oxygen atoms in total. The Bertz CT molecular complexity index is 1190. The van der Waals surface area contributed by atoms with Crippen molar-refractivity contribution in [1.29, 1.82) is 0 Å². The van der Waals surface area contributed by atoms with Crippen molar-refractivity contribution in [3.63, 3.8) is 0 Å². The van der Waals surface area contributed by atoms with E-state index in [1.165, 1.54) is 12.4 Å². The summed E-state index contributed by atoms with van der Waals surface area (Å²) in [6.07, 6.45) is 1.10. The molecule has 0 spiro atoms. The van der Waals surface area contributed by atoms with E-state index in [2.05, 4.69) is 20.6 Å². The molecule has 0 aliphatic rings. The van der Waals surface area contributed by atoms with Gasteiger partial charge in [0.2, 0.25) is 11.8 Å². The van der Waals surface area contributed by atoms with Crippen LogP contribution in [0.25, 0.3) is 10.9 Å². The van der Waals surface area contributed by atoms with Crippen molar-refractivity contribution in [2.45, 2.75) is 46.2 Å². The summed E-state index contributed by atoms with van der Waals surface area (Å²) in [6.45, 7) is 8.36. The van der Waals surface area contributed by atoms with Gasteiger partial charge in [-0.1, -0.05) is 0 Å². The van der Waals surface area contributed by atoms with Crippen LogP contribution < -0.4 is 15.4 Å². The number of carbonyl (C=O) groups excluding carboxylic acids is 2. The first-order valence-corrected chi connectivity index (χ1v) is 11.7. The van der Waals surface area contributed by atoms with Gasteiger partial charge in [0.15, 0.2) is 0 Å². The number of fused-ring (bicyclic) bond motifs is 1. The fourth-order valence-electron chi connectivity index (χ4n) is 3.92. The molecule has 0 unspecified atom stereocenters. The summed E-state index contributed by atoms with van der Waals surface area (Å²) in [5.74, 6) is -0.482. The molecule has 0 fully saturated rings. The van der Waals surface area contributed by atoms with Gasteiger partial charge in [-0.05, 0) is 52.0 Å². The number of hydrogen-bond donors (Lipinski definition) is 2. The van der Waals surface area contributed by atoms with E-state index in [4.69, 9.17) is 9.47 Å². The van der Waals surface area contributed by atoms with Crippen molar-refractivity contribution in [2.24, 2.45) is 0 Å². The number of hydrogen-bond acceptors (Lipinski definition) is 7. The third-order valence-electron chi connectivity index (χ3n) is 5.36. The van der Waals surface area contributed by atoms with Gasteiger partial charge in [-0.25, -0.2) is 14.4 Å². The van der Waals surface area contributed by atoms with Gasteiger partial charge in [0, 0.05) is 42.7 Å². The van der Waals surface area contributed by atoms with E-state index < -0.39 is 5.82 Å². The second-order valence-corrected chi connectivity index (χ2v) is 8.78. The zero-order valence-corrected chi connectivity index (χ0v) is 21.2. The highest BCUT2D eigenvalue weighted by Gasteiger charge is 2.22. The molecule has 0 aliphatic heterocycles. The van der Waals surface area contributed by atoms with Crippen LogP contribution in [0.4, 0.5) is 21.6 Å². The molecule has 3 rings (SSSR count). The normalized spacial score (nSPS) is 11.1. The molecule has 0 bridgehead atoms. The maximum atomic E-state index is 14.9. The minimum atomic E-state index is -0.520. The second-order valence-electron chi connectivity index (χ2n) is 8.78. The molecular weight excluding hydrogens is 465 g/mol. The maximum absolute atomic E-state index is 14.9. The van der Waals surface area contributed by atoms with E-state index in [-0.39, 0.29) is 35.7 Å². The molecular formula is C26H32FN5O4. The molecule has 0 atom stereocenters. The fourth-order valence-corrected chi connectivity index (χ4v) is 3.92. The number of benzene rings is 2. The Balaban J connectivity index is 1.67. The predicted molar refractivity (Wildman–Crippen MR) is 137 cm³/mol. The summed E-state index contributed by atoms with van der Waals surface area (Å²) in [6, 6.07) is 9.76. The van der Waals surface area contributed by atoms with Gasteiger partial charge < -0.3 is 25.0 Å². The molecule has 2 N–H and O–H groups in total. The van der Waals surface area contributed by atoms with Gasteiger partial charge in [-0.3, -0.25) is 9.59 Å². The SMILES string of the molecule is COCCOc1cc(F)c2c(Nc3ccc(NC(=O)CC(=O)N(C(C)C)C(C)C)cc3)ncnc2c1. The number of aromatic nitrogens is 2. The second kappa shape index (κ2) is 12.3. The molecule has 1 heterocycles. The van der Waals surface area contributed by atoms with Crippen molar-refractivity contribution in [3.8, 4) is 5.75 Å². The van der Waals surface area contributed by atoms with Crippen molar-refractivity contribution < 1.29 is 23.5 Å². The van der Waals surface area contributed by atoms with Gasteiger partial charge in [0.05, 0.1) is 17.5 Å². The predicted octanol–water partition coefficient (Wildman–Crippen LogP) is 4.51. The third kappa shape index (κ3) is 6.88. The van der Waals surface area contributed by atoms with Crippen LogP contribution in [-0.2, 0) is 14.3 Å². The van der Waals surface area contributed by atoms with Crippen molar-refractivity contribution in [1.82, 2.24) is 14.9 Å². The van der Waals surface area contributed by atoms with Gasteiger partial charge in [0.25, 0.3) is 0 Å². The maximum Gasteiger partial charge on any atom is 0.233 e. The monoisotopic (exact) mass is 497 g/mol. The van der Waals surface area contributed by atoms with Gasteiger partial charge in [-0.2, -0.15) is 0 Å². The van der Waals surface area contributed by atoms with E-state index in [0.29, 0.717) is 41.7 Å². The van der Waals surface area contributed by atoms with E-state index in [1.807, 2.05) is 27.7 Å². The fraction of sp³-hybridized carbons (Fsp3) is 0.385. The summed E-state index contributed by atoms with van der Waals surface area (Å²) in [5.41, 5.74) is 1.57. The molecule has 0 radical (unpaired) electrons. The average Bonchev–Trinajstić information content (AvgIpc) is 2.80. The van der Waals surface area contributed by atoms with Crippen LogP contribution in [0.15, 0.2) is 42.7 Å². The number of anilines is 3. The molecule has 2 aromatic carbocycles. The highest BCUT2D eigenvalue weighted by molar-refractivity contribution is 6.03. The lowest BCUT2D eigenvalue weighted by Gasteiger charge is -2.30. The highest BCUT2D eigenvalue weighted by atomic mass is 19.1. The summed E-state index contributed by atoms with van der Waals surface area (Å²) in [5, 5.41) is 6.06. The topological polar surface area (TPSA) is 106 Å².